The number of carbonyl (C=O) groups excluding carboxylic acids is 4. The van der Waals surface area contributed by atoms with E-state index in [2.05, 4.69) is 16.0 Å². The van der Waals surface area contributed by atoms with Crippen LogP contribution in [0.4, 0.5) is 5.69 Å². The van der Waals surface area contributed by atoms with Crippen molar-refractivity contribution in [3.05, 3.63) is 88.0 Å². The molecule has 290 valence electrons. The van der Waals surface area contributed by atoms with Crippen molar-refractivity contribution in [1.29, 1.82) is 0 Å². The van der Waals surface area contributed by atoms with Crippen LogP contribution in [-0.4, -0.2) is 126 Å². The Morgan fingerprint density at radius 3 is 2.49 bits per heavy atom. The van der Waals surface area contributed by atoms with Crippen LogP contribution in [0, 0.1) is 0 Å². The van der Waals surface area contributed by atoms with Crippen LogP contribution in [0.15, 0.2) is 54.6 Å². The molecule has 8 rings (SSSR count). The molecule has 3 aromatic carbocycles. The van der Waals surface area contributed by atoms with Gasteiger partial charge < -0.3 is 54.4 Å². The number of ketones is 2. The second kappa shape index (κ2) is 15.0. The Labute approximate surface area is 314 Å². The average Bonchev–Trinajstić information content (AvgIpc) is 3.60. The number of anilines is 1. The van der Waals surface area contributed by atoms with Crippen molar-refractivity contribution in [2.45, 2.75) is 74.1 Å². The van der Waals surface area contributed by atoms with Gasteiger partial charge in [-0.2, -0.15) is 0 Å². The molecule has 1 aliphatic carbocycles. The van der Waals surface area contributed by atoms with Crippen molar-refractivity contribution in [1.82, 2.24) is 16.0 Å². The number of nitrogens with two attached hydrogens (primary N) is 1. The van der Waals surface area contributed by atoms with Gasteiger partial charge in [0, 0.05) is 46.9 Å². The number of hydrogen-bond acceptors (Lipinski definition) is 16. The van der Waals surface area contributed by atoms with Crippen molar-refractivity contribution in [2.75, 3.05) is 31.4 Å². The normalized spacial score (nSPS) is 30.7. The van der Waals surface area contributed by atoms with Crippen molar-refractivity contribution >= 4 is 29.4 Å². The maximum absolute atomic E-state index is 14.4. The van der Waals surface area contributed by atoms with Gasteiger partial charge in [-0.25, -0.2) is 0 Å². The summed E-state index contributed by atoms with van der Waals surface area (Å²) in [7, 11) is 0. The summed E-state index contributed by atoms with van der Waals surface area (Å²) in [5.74, 6) is -2.43. The van der Waals surface area contributed by atoms with E-state index >= 15 is 0 Å². The molecule has 17 heteroatoms. The fraction of sp³-hybridized carbons (Fsp3) is 0.421. The van der Waals surface area contributed by atoms with Crippen LogP contribution in [0.5, 0.6) is 11.5 Å². The number of para-hydroxylation sites is 1. The van der Waals surface area contributed by atoms with Crippen molar-refractivity contribution in [2.24, 2.45) is 5.73 Å². The van der Waals surface area contributed by atoms with E-state index in [0.717, 1.165) is 0 Å². The number of ether oxygens (including phenoxy) is 4. The first-order valence-electron chi connectivity index (χ1n) is 18.1. The molecule has 3 saturated heterocycles. The summed E-state index contributed by atoms with van der Waals surface area (Å²) < 4.78 is 24.7. The number of benzene rings is 3. The molecular formula is C38H41N5O12. The molecular weight excluding hydrogens is 718 g/mol. The minimum atomic E-state index is -1.80. The highest BCUT2D eigenvalue weighted by atomic mass is 16.7. The van der Waals surface area contributed by atoms with Gasteiger partial charge in [0.05, 0.1) is 24.9 Å². The van der Waals surface area contributed by atoms with E-state index in [1.807, 2.05) is 29.2 Å². The molecule has 3 fully saturated rings. The van der Waals surface area contributed by atoms with Crippen LogP contribution < -0.4 is 36.1 Å². The first-order chi connectivity index (χ1) is 26.6. The van der Waals surface area contributed by atoms with Gasteiger partial charge in [-0.05, 0) is 24.1 Å². The van der Waals surface area contributed by atoms with Crippen molar-refractivity contribution < 1.29 is 58.6 Å². The van der Waals surface area contributed by atoms with E-state index in [9.17, 15) is 39.6 Å². The molecule has 2 bridgehead atoms. The molecule has 5 aliphatic rings. The standard InChI is InChI=1S/C38H41N5O12/c39-38-41-35-27(36(51)42-38)40-16-43(35)24-8-4-3-5-19(24)18-10-12-52-15-25-30(48)31(49)32(50)37(54-25)55-33-22(18)13-23-26(34(33)53-14-17(45)9-11-44)29(47)21-7-2-1-6-20(21)28(23)46/h1-8,11,13,17-18,25,27,30-32,35,37-38,40-41,45,48-50H,9-10,12,14-16,39H2,(H,42,51)/t17-,18-,25+,27-,30+,31-,32+,35-,37-,38+/m1/s1. The number of rotatable bonds is 7. The molecule has 0 spiro atoms. The maximum Gasteiger partial charge on any atom is 0.242 e. The highest BCUT2D eigenvalue weighted by Gasteiger charge is 2.48. The Hall–Kier alpha value is -4.82. The lowest BCUT2D eigenvalue weighted by Gasteiger charge is -2.40. The number of amides is 1. The van der Waals surface area contributed by atoms with Crippen LogP contribution in [0.25, 0.3) is 0 Å². The van der Waals surface area contributed by atoms with Gasteiger partial charge >= 0.3 is 0 Å². The van der Waals surface area contributed by atoms with Gasteiger partial charge in [0.1, 0.15) is 55.8 Å². The lowest BCUT2D eigenvalue weighted by Crippen LogP contribution is -2.70. The third-order valence-electron chi connectivity index (χ3n) is 10.7. The van der Waals surface area contributed by atoms with Crippen LogP contribution in [0.3, 0.4) is 0 Å². The Morgan fingerprint density at radius 1 is 0.964 bits per heavy atom. The Kier molecular flexibility index (Phi) is 10.1. The number of hydrogen-bond donors (Lipinski definition) is 8. The summed E-state index contributed by atoms with van der Waals surface area (Å²) in [4.78, 5) is 54.9. The van der Waals surface area contributed by atoms with E-state index in [-0.39, 0.29) is 72.4 Å². The number of carbonyl (C=O) groups is 4. The molecule has 0 unspecified atom stereocenters. The zero-order valence-corrected chi connectivity index (χ0v) is 29.4. The van der Waals surface area contributed by atoms with E-state index in [4.69, 9.17) is 24.7 Å². The molecule has 17 nitrogen and oxygen atoms in total. The Bertz CT molecular complexity index is 2010. The summed E-state index contributed by atoms with van der Waals surface area (Å²) in [6, 6.07) is 14.6. The fourth-order valence-corrected chi connectivity index (χ4v) is 8.00. The topological polar surface area (TPSA) is 251 Å². The molecule has 0 radical (unpaired) electrons. The summed E-state index contributed by atoms with van der Waals surface area (Å²) in [5.41, 5.74) is 7.89. The Balaban J connectivity index is 1.35. The fourth-order valence-electron chi connectivity index (χ4n) is 8.00. The zero-order chi connectivity index (χ0) is 38.5. The molecule has 4 heterocycles. The first-order valence-corrected chi connectivity index (χ1v) is 18.1. The van der Waals surface area contributed by atoms with E-state index in [1.165, 1.54) is 6.07 Å². The van der Waals surface area contributed by atoms with E-state index in [0.29, 0.717) is 23.1 Å². The van der Waals surface area contributed by atoms with Crippen molar-refractivity contribution in [3.63, 3.8) is 0 Å². The van der Waals surface area contributed by atoms with Crippen LogP contribution in [0.2, 0.25) is 0 Å². The number of aliphatic hydroxyl groups is 4. The third-order valence-corrected chi connectivity index (χ3v) is 10.7. The number of aliphatic hydroxyl groups excluding tert-OH is 4. The summed E-state index contributed by atoms with van der Waals surface area (Å²) in [6.45, 7) is -0.364. The summed E-state index contributed by atoms with van der Waals surface area (Å²) >= 11 is 0. The minimum Gasteiger partial charge on any atom is -0.486 e. The number of nitrogens with zero attached hydrogens (tertiary/aromatic N) is 1. The number of fused-ring (bicyclic) bond motifs is 6. The van der Waals surface area contributed by atoms with Gasteiger partial charge in [0.2, 0.25) is 12.2 Å². The highest BCUT2D eigenvalue weighted by molar-refractivity contribution is 6.29. The molecule has 55 heavy (non-hydrogen) atoms. The quantitative estimate of drug-likeness (QED) is 0.100. The minimum absolute atomic E-state index is 0.0119. The van der Waals surface area contributed by atoms with Gasteiger partial charge in [0.25, 0.3) is 0 Å². The van der Waals surface area contributed by atoms with Crippen LogP contribution in [0.1, 0.15) is 61.7 Å². The second-order valence-corrected chi connectivity index (χ2v) is 14.1. The van der Waals surface area contributed by atoms with Gasteiger partial charge in [-0.1, -0.05) is 42.5 Å². The largest absolute Gasteiger partial charge is 0.486 e. The average molecular weight is 760 g/mol. The molecule has 10 atom stereocenters. The van der Waals surface area contributed by atoms with Gasteiger partial charge in [-0.3, -0.25) is 30.8 Å². The molecule has 0 aromatic heterocycles. The second-order valence-electron chi connectivity index (χ2n) is 14.1. The SMILES string of the molecule is N[C@@H]1NC(=O)[C@@H]2NCN(c3ccccc3[C@H]3CCOC[C@@H]4O[C@H](Oc5c3cc3c(c5OC[C@H](O)CC=O)C(=O)c5ccccc5C3=O)[C@@H](O)[C@H](O)[C@H]4O)[C@H]2N1. The maximum atomic E-state index is 14.4. The van der Waals surface area contributed by atoms with Gasteiger partial charge in [0.15, 0.2) is 23.1 Å². The number of aldehydes is 1. The summed E-state index contributed by atoms with van der Waals surface area (Å²) in [6.07, 6.45) is -10.1. The van der Waals surface area contributed by atoms with Gasteiger partial charge in [-0.15, -0.1) is 0 Å². The highest BCUT2D eigenvalue weighted by Crippen LogP contribution is 2.49. The first kappa shape index (κ1) is 37.1. The Morgan fingerprint density at radius 2 is 1.71 bits per heavy atom. The monoisotopic (exact) mass is 759 g/mol. The predicted molar refractivity (Wildman–Crippen MR) is 190 cm³/mol. The van der Waals surface area contributed by atoms with Crippen LogP contribution in [-0.2, 0) is 19.1 Å². The lowest BCUT2D eigenvalue weighted by molar-refractivity contribution is -0.279. The predicted octanol–water partition coefficient (Wildman–Crippen LogP) is -1.45. The smallest absolute Gasteiger partial charge is 0.242 e. The molecule has 0 saturated carbocycles. The molecule has 3 aromatic rings. The number of nitrogens with one attached hydrogen (secondary N) is 3. The zero-order valence-electron chi connectivity index (χ0n) is 29.4. The summed E-state index contributed by atoms with van der Waals surface area (Å²) in [5, 5.41) is 52.6. The molecule has 9 N–H and O–H groups in total. The molecule has 1 amide bonds. The van der Waals surface area contributed by atoms with E-state index < -0.39 is 79.4 Å². The van der Waals surface area contributed by atoms with E-state index in [1.54, 1.807) is 24.3 Å². The van der Waals surface area contributed by atoms with Crippen LogP contribution >= 0.6 is 0 Å². The van der Waals surface area contributed by atoms with Crippen molar-refractivity contribution in [3.8, 4) is 11.5 Å². The molecule has 4 aliphatic heterocycles. The lowest BCUT2D eigenvalue weighted by atomic mass is 9.79. The third kappa shape index (κ3) is 6.56.